The summed E-state index contributed by atoms with van der Waals surface area (Å²) < 4.78 is 0. The van der Waals surface area contributed by atoms with E-state index in [1.165, 1.54) is 11.8 Å². The van der Waals surface area contributed by atoms with Gasteiger partial charge in [0, 0.05) is 37.9 Å². The fraction of sp³-hybridized carbons (Fsp3) is 0.286. The molecule has 0 aliphatic rings. The Morgan fingerprint density at radius 2 is 2.05 bits per heavy atom. The number of rotatable bonds is 7. The molecule has 1 amide bonds. The lowest BCUT2D eigenvalue weighted by atomic mass is 10.3. The quantitative estimate of drug-likeness (QED) is 0.461. The molecule has 2 rings (SSSR count). The summed E-state index contributed by atoms with van der Waals surface area (Å²) in [6.45, 7) is 1.37. The molecule has 21 heavy (non-hydrogen) atoms. The first kappa shape index (κ1) is 15.2. The van der Waals surface area contributed by atoms with Crippen molar-refractivity contribution in [3.05, 3.63) is 42.5 Å². The third kappa shape index (κ3) is 5.03. The summed E-state index contributed by atoms with van der Waals surface area (Å²) in [4.78, 5) is 24.0. The van der Waals surface area contributed by atoms with Crippen LogP contribution in [0.15, 0.2) is 42.1 Å². The van der Waals surface area contributed by atoms with Gasteiger partial charge in [0.25, 0.3) is 5.91 Å². The first-order valence-electron chi connectivity index (χ1n) is 6.57. The number of hydrogen-bond acceptors (Lipinski definition) is 6. The Kier molecular flexibility index (Phi) is 5.96. The number of carbonyl (C=O) groups is 1. The second-order valence-electron chi connectivity index (χ2n) is 4.24. The van der Waals surface area contributed by atoms with Gasteiger partial charge in [-0.25, -0.2) is 9.97 Å². The van der Waals surface area contributed by atoms with Crippen LogP contribution in [0.5, 0.6) is 0 Å². The lowest BCUT2D eigenvalue weighted by Gasteiger charge is -2.07. The number of aromatic nitrogens is 3. The highest BCUT2D eigenvalue weighted by Gasteiger charge is 2.05. The monoisotopic (exact) mass is 303 g/mol. The predicted molar refractivity (Wildman–Crippen MR) is 83.5 cm³/mol. The maximum atomic E-state index is 11.8. The number of nitrogens with one attached hydrogen (secondary N) is 2. The van der Waals surface area contributed by atoms with Crippen LogP contribution < -0.4 is 10.6 Å². The van der Waals surface area contributed by atoms with E-state index in [2.05, 4.69) is 25.6 Å². The van der Waals surface area contributed by atoms with Crippen LogP contribution in [0.25, 0.3) is 0 Å². The van der Waals surface area contributed by atoms with Crippen molar-refractivity contribution in [2.24, 2.45) is 0 Å². The van der Waals surface area contributed by atoms with E-state index < -0.39 is 0 Å². The smallest absolute Gasteiger partial charge is 0.254 e. The van der Waals surface area contributed by atoms with E-state index in [1.807, 2.05) is 18.4 Å². The van der Waals surface area contributed by atoms with Crippen molar-refractivity contribution in [1.29, 1.82) is 0 Å². The van der Waals surface area contributed by atoms with E-state index in [9.17, 15) is 4.79 Å². The molecule has 0 spiro atoms. The second-order valence-corrected chi connectivity index (χ2v) is 5.01. The molecule has 2 aromatic heterocycles. The van der Waals surface area contributed by atoms with Gasteiger partial charge in [0.2, 0.25) is 0 Å². The molecule has 0 saturated carbocycles. The lowest BCUT2D eigenvalue weighted by Crippen LogP contribution is -2.26. The van der Waals surface area contributed by atoms with E-state index in [4.69, 9.17) is 0 Å². The number of anilines is 1. The number of pyridine rings is 1. The molecule has 6 nitrogen and oxygen atoms in total. The highest BCUT2D eigenvalue weighted by atomic mass is 32.2. The van der Waals surface area contributed by atoms with E-state index >= 15 is 0 Å². The average Bonchev–Trinajstić information content (AvgIpc) is 2.55. The molecule has 0 aliphatic carbocycles. The van der Waals surface area contributed by atoms with Gasteiger partial charge in [-0.1, -0.05) is 11.8 Å². The third-order valence-corrected chi connectivity index (χ3v) is 3.28. The molecule has 0 saturated heterocycles. The first-order chi connectivity index (χ1) is 10.3. The molecule has 0 aromatic carbocycles. The Balaban J connectivity index is 1.67. The van der Waals surface area contributed by atoms with Gasteiger partial charge < -0.3 is 10.6 Å². The number of hydrogen-bond donors (Lipinski definition) is 2. The minimum Gasteiger partial charge on any atom is -0.384 e. The third-order valence-electron chi connectivity index (χ3n) is 2.70. The molecule has 2 N–H and O–H groups in total. The number of carbonyl (C=O) groups excluding carboxylic acids is 1. The van der Waals surface area contributed by atoms with E-state index in [1.54, 1.807) is 24.8 Å². The maximum Gasteiger partial charge on any atom is 0.254 e. The van der Waals surface area contributed by atoms with Gasteiger partial charge in [0.1, 0.15) is 0 Å². The fourth-order valence-electron chi connectivity index (χ4n) is 1.63. The molecule has 0 aliphatic heterocycles. The van der Waals surface area contributed by atoms with Crippen molar-refractivity contribution in [1.82, 2.24) is 20.3 Å². The van der Waals surface area contributed by atoms with Crippen LogP contribution in [-0.4, -0.2) is 40.2 Å². The number of nitrogens with zero attached hydrogens (tertiary/aromatic N) is 3. The first-order valence-corrected chi connectivity index (χ1v) is 7.80. The minimum atomic E-state index is -0.149. The molecule has 0 fully saturated rings. The molecule has 0 bridgehead atoms. The highest BCUT2D eigenvalue weighted by molar-refractivity contribution is 7.98. The van der Waals surface area contributed by atoms with Gasteiger partial charge in [-0.2, -0.15) is 0 Å². The summed E-state index contributed by atoms with van der Waals surface area (Å²) in [5, 5.41) is 6.73. The van der Waals surface area contributed by atoms with Gasteiger partial charge in [-0.05, 0) is 24.8 Å². The zero-order chi connectivity index (χ0) is 14.9. The Hall–Kier alpha value is -2.15. The summed E-state index contributed by atoms with van der Waals surface area (Å²) in [5.74, 6) is -0.149. The average molecular weight is 303 g/mol. The van der Waals surface area contributed by atoms with Crippen LogP contribution in [0.2, 0.25) is 0 Å². The van der Waals surface area contributed by atoms with E-state index in [0.29, 0.717) is 17.3 Å². The zero-order valence-electron chi connectivity index (χ0n) is 11.7. The van der Waals surface area contributed by atoms with Gasteiger partial charge in [-0.15, -0.1) is 0 Å². The van der Waals surface area contributed by atoms with Gasteiger partial charge in [0.15, 0.2) is 5.16 Å². The van der Waals surface area contributed by atoms with Crippen molar-refractivity contribution in [2.45, 2.75) is 11.6 Å². The number of thioether (sulfide) groups is 1. The van der Waals surface area contributed by atoms with Crippen molar-refractivity contribution < 1.29 is 4.79 Å². The van der Waals surface area contributed by atoms with Gasteiger partial charge >= 0.3 is 0 Å². The summed E-state index contributed by atoms with van der Waals surface area (Å²) in [6, 6.07) is 3.83. The van der Waals surface area contributed by atoms with Crippen LogP contribution >= 0.6 is 11.8 Å². The van der Waals surface area contributed by atoms with Crippen LogP contribution in [0.4, 0.5) is 5.69 Å². The van der Waals surface area contributed by atoms with Crippen molar-refractivity contribution in [2.75, 3.05) is 24.7 Å². The van der Waals surface area contributed by atoms with E-state index in [-0.39, 0.29) is 5.91 Å². The highest BCUT2D eigenvalue weighted by Crippen LogP contribution is 2.06. The normalized spacial score (nSPS) is 10.1. The van der Waals surface area contributed by atoms with Crippen LogP contribution in [0, 0.1) is 0 Å². The largest absolute Gasteiger partial charge is 0.384 e. The molecule has 0 radical (unpaired) electrons. The standard InChI is InChI=1S/C14H17N5OS/c1-21-14-18-8-11(9-19-14)13(20)17-7-3-6-16-12-4-2-5-15-10-12/h2,4-5,8-10,16H,3,6-7H2,1H3,(H,17,20). The molecule has 110 valence electrons. The summed E-state index contributed by atoms with van der Waals surface area (Å²) >= 11 is 1.44. The zero-order valence-corrected chi connectivity index (χ0v) is 12.6. The summed E-state index contributed by atoms with van der Waals surface area (Å²) in [6.07, 6.45) is 9.30. The topological polar surface area (TPSA) is 79.8 Å². The summed E-state index contributed by atoms with van der Waals surface area (Å²) in [5.41, 5.74) is 1.46. The second kappa shape index (κ2) is 8.21. The SMILES string of the molecule is CSc1ncc(C(=O)NCCCNc2cccnc2)cn1. The minimum absolute atomic E-state index is 0.149. The molecular weight excluding hydrogens is 286 g/mol. The number of amides is 1. The maximum absolute atomic E-state index is 11.8. The van der Waals surface area contributed by atoms with Crippen molar-refractivity contribution in [3.63, 3.8) is 0 Å². The predicted octanol–water partition coefficient (Wildman–Crippen LogP) is 1.83. The molecule has 0 unspecified atom stereocenters. The van der Waals surface area contributed by atoms with Gasteiger partial charge in [0.05, 0.1) is 11.3 Å². The Labute approximate surface area is 127 Å². The molecule has 7 heteroatoms. The Morgan fingerprint density at radius 3 is 2.71 bits per heavy atom. The molecule has 2 aromatic rings. The molecular formula is C14H17N5OS. The summed E-state index contributed by atoms with van der Waals surface area (Å²) in [7, 11) is 0. The van der Waals surface area contributed by atoms with Crippen molar-refractivity contribution >= 4 is 23.4 Å². The lowest BCUT2D eigenvalue weighted by molar-refractivity contribution is 0.0952. The Bertz CT molecular complexity index is 561. The molecule has 0 atom stereocenters. The van der Waals surface area contributed by atoms with Crippen molar-refractivity contribution in [3.8, 4) is 0 Å². The van der Waals surface area contributed by atoms with Crippen LogP contribution in [0.3, 0.4) is 0 Å². The van der Waals surface area contributed by atoms with Crippen LogP contribution in [-0.2, 0) is 0 Å². The van der Waals surface area contributed by atoms with E-state index in [0.717, 1.165) is 18.7 Å². The van der Waals surface area contributed by atoms with Gasteiger partial charge in [-0.3, -0.25) is 9.78 Å². The molecule has 2 heterocycles. The van der Waals surface area contributed by atoms with Crippen LogP contribution in [0.1, 0.15) is 16.8 Å². The fourth-order valence-corrected chi connectivity index (χ4v) is 1.95. The Morgan fingerprint density at radius 1 is 1.24 bits per heavy atom.